The lowest BCUT2D eigenvalue weighted by molar-refractivity contribution is 0.418. The molecule has 0 amide bonds. The van der Waals surface area contributed by atoms with Crippen LogP contribution in [-0.2, 0) is 19.3 Å². The van der Waals surface area contributed by atoms with Crippen molar-refractivity contribution in [3.63, 3.8) is 0 Å². The lowest BCUT2D eigenvalue weighted by Crippen LogP contribution is -2.17. The molecule has 2 heterocycles. The minimum absolute atomic E-state index is 0.637. The van der Waals surface area contributed by atoms with E-state index < -0.39 is 0 Å². The molecule has 1 aromatic heterocycles. The minimum Gasteiger partial charge on any atom is -0.330 e. The Morgan fingerprint density at radius 2 is 2.31 bits per heavy atom. The summed E-state index contributed by atoms with van der Waals surface area (Å²) in [6.07, 6.45) is 6.97. The maximum Gasteiger partial charge on any atom is 0.109 e. The number of nitrogens with zero attached hydrogens (tertiary/aromatic N) is 2. The van der Waals surface area contributed by atoms with E-state index >= 15 is 0 Å². The van der Waals surface area contributed by atoms with Crippen molar-refractivity contribution in [3.8, 4) is 0 Å². The molecule has 1 atom stereocenters. The highest BCUT2D eigenvalue weighted by Crippen LogP contribution is 2.29. The van der Waals surface area contributed by atoms with Crippen LogP contribution in [0.4, 0.5) is 0 Å². The van der Waals surface area contributed by atoms with Crippen molar-refractivity contribution < 1.29 is 0 Å². The van der Waals surface area contributed by atoms with Gasteiger partial charge in [-0.25, -0.2) is 4.98 Å². The first-order chi connectivity index (χ1) is 7.77. The Kier molecular flexibility index (Phi) is 3.64. The Bertz CT molecular complexity index is 354. The van der Waals surface area contributed by atoms with Crippen molar-refractivity contribution >= 4 is 0 Å². The van der Waals surface area contributed by atoms with E-state index in [2.05, 4.69) is 18.4 Å². The smallest absolute Gasteiger partial charge is 0.109 e. The third-order valence-corrected chi connectivity index (χ3v) is 3.58. The molecule has 16 heavy (non-hydrogen) atoms. The van der Waals surface area contributed by atoms with Crippen LogP contribution in [0.25, 0.3) is 0 Å². The van der Waals surface area contributed by atoms with E-state index in [0.29, 0.717) is 6.04 Å². The Hall–Kier alpha value is -0.830. The van der Waals surface area contributed by atoms with E-state index in [1.165, 1.54) is 36.5 Å². The van der Waals surface area contributed by atoms with Crippen molar-refractivity contribution in [1.29, 1.82) is 0 Å². The molecule has 1 aliphatic rings. The molecule has 3 heteroatoms. The minimum atomic E-state index is 0.637. The summed E-state index contributed by atoms with van der Waals surface area (Å²) in [5.74, 6) is 1.27. The van der Waals surface area contributed by atoms with E-state index in [4.69, 9.17) is 10.7 Å². The summed E-state index contributed by atoms with van der Waals surface area (Å²) in [5.41, 5.74) is 8.39. The number of hydrogen-bond donors (Lipinski definition) is 1. The van der Waals surface area contributed by atoms with Crippen molar-refractivity contribution in [2.24, 2.45) is 5.73 Å². The normalized spacial score (nSPS) is 19.8. The molecule has 2 rings (SSSR count). The van der Waals surface area contributed by atoms with Crippen LogP contribution in [0.15, 0.2) is 0 Å². The Morgan fingerprint density at radius 1 is 1.50 bits per heavy atom. The fourth-order valence-corrected chi connectivity index (χ4v) is 2.77. The van der Waals surface area contributed by atoms with Crippen LogP contribution in [0.1, 0.15) is 56.4 Å². The maximum atomic E-state index is 5.58. The lowest BCUT2D eigenvalue weighted by Gasteiger charge is -2.24. The molecule has 0 aromatic carbocycles. The van der Waals surface area contributed by atoms with Crippen LogP contribution in [0.3, 0.4) is 0 Å². The number of imidazole rings is 1. The van der Waals surface area contributed by atoms with Crippen LogP contribution >= 0.6 is 0 Å². The Labute approximate surface area is 98.1 Å². The largest absolute Gasteiger partial charge is 0.330 e. The van der Waals surface area contributed by atoms with E-state index in [0.717, 1.165) is 25.8 Å². The first-order valence-electron chi connectivity index (χ1n) is 6.56. The van der Waals surface area contributed by atoms with Gasteiger partial charge >= 0.3 is 0 Å². The van der Waals surface area contributed by atoms with Crippen molar-refractivity contribution in [3.05, 3.63) is 17.2 Å². The van der Waals surface area contributed by atoms with Crippen LogP contribution in [0.2, 0.25) is 0 Å². The number of fused-ring (bicyclic) bond motifs is 1. The predicted octanol–water partition coefficient (Wildman–Crippen LogP) is 2.23. The van der Waals surface area contributed by atoms with Crippen LogP contribution in [0, 0.1) is 0 Å². The summed E-state index contributed by atoms with van der Waals surface area (Å²) >= 11 is 0. The summed E-state index contributed by atoms with van der Waals surface area (Å²) in [5, 5.41) is 0. The van der Waals surface area contributed by atoms with Crippen LogP contribution in [0.5, 0.6) is 0 Å². The molecular weight excluding hydrogens is 198 g/mol. The van der Waals surface area contributed by atoms with Gasteiger partial charge in [0.05, 0.1) is 5.69 Å². The van der Waals surface area contributed by atoms with E-state index in [-0.39, 0.29) is 0 Å². The molecule has 2 N–H and O–H groups in total. The lowest BCUT2D eigenvalue weighted by atomic mass is 10.0. The molecule has 90 valence electrons. The molecular formula is C13H23N3. The number of aromatic nitrogens is 2. The molecule has 3 nitrogen and oxygen atoms in total. The Balaban J connectivity index is 2.32. The van der Waals surface area contributed by atoms with E-state index in [1.807, 2.05) is 0 Å². The molecule has 0 bridgehead atoms. The van der Waals surface area contributed by atoms with E-state index in [9.17, 15) is 0 Å². The van der Waals surface area contributed by atoms with Gasteiger partial charge in [-0.05, 0) is 45.6 Å². The molecule has 0 spiro atoms. The van der Waals surface area contributed by atoms with Gasteiger partial charge in [0, 0.05) is 18.2 Å². The molecule has 0 radical (unpaired) electrons. The zero-order chi connectivity index (χ0) is 11.5. The van der Waals surface area contributed by atoms with Gasteiger partial charge in [0.1, 0.15) is 5.82 Å². The number of nitrogens with two attached hydrogens (primary N) is 1. The first kappa shape index (κ1) is 11.6. The van der Waals surface area contributed by atoms with E-state index in [1.54, 1.807) is 0 Å². The fraction of sp³-hybridized carbons (Fsp3) is 0.769. The molecule has 0 saturated heterocycles. The number of aryl methyl sites for hydroxylation is 2. The van der Waals surface area contributed by atoms with Gasteiger partial charge in [0.15, 0.2) is 0 Å². The number of rotatable bonds is 4. The zero-order valence-electron chi connectivity index (χ0n) is 10.5. The second-order valence-corrected chi connectivity index (χ2v) is 4.78. The van der Waals surface area contributed by atoms with Gasteiger partial charge in [-0.15, -0.1) is 0 Å². The maximum absolute atomic E-state index is 5.58. The molecule has 0 fully saturated rings. The monoisotopic (exact) mass is 221 g/mol. The van der Waals surface area contributed by atoms with Crippen LogP contribution in [-0.4, -0.2) is 16.1 Å². The molecule has 1 aromatic rings. The van der Waals surface area contributed by atoms with Gasteiger partial charge < -0.3 is 10.3 Å². The van der Waals surface area contributed by atoms with Gasteiger partial charge in [0.25, 0.3) is 0 Å². The summed E-state index contributed by atoms with van der Waals surface area (Å²) in [6, 6.07) is 0.637. The van der Waals surface area contributed by atoms with Crippen molar-refractivity contribution in [1.82, 2.24) is 9.55 Å². The predicted molar refractivity (Wildman–Crippen MR) is 66.6 cm³/mol. The molecule has 1 aliphatic heterocycles. The standard InChI is InChI=1S/C13H23N3/c1-3-13-15-11(7-5-9-14)12-8-4-6-10(2)16(12)13/h10H,3-9,14H2,1-2H3. The van der Waals surface area contributed by atoms with Gasteiger partial charge in [-0.3, -0.25) is 0 Å². The zero-order valence-corrected chi connectivity index (χ0v) is 10.5. The Morgan fingerprint density at radius 3 is 3.00 bits per heavy atom. The average molecular weight is 221 g/mol. The summed E-state index contributed by atoms with van der Waals surface area (Å²) < 4.78 is 2.48. The number of hydrogen-bond acceptors (Lipinski definition) is 2. The summed E-state index contributed by atoms with van der Waals surface area (Å²) in [4.78, 5) is 4.81. The quantitative estimate of drug-likeness (QED) is 0.847. The van der Waals surface area contributed by atoms with Gasteiger partial charge in [-0.2, -0.15) is 0 Å². The average Bonchev–Trinajstić information content (AvgIpc) is 2.66. The van der Waals surface area contributed by atoms with Crippen molar-refractivity contribution in [2.45, 2.75) is 58.4 Å². The SMILES string of the molecule is CCc1nc(CCCN)c2n1C(C)CCC2. The highest BCUT2D eigenvalue weighted by molar-refractivity contribution is 5.21. The van der Waals surface area contributed by atoms with Crippen LogP contribution < -0.4 is 5.73 Å². The van der Waals surface area contributed by atoms with Gasteiger partial charge in [0.2, 0.25) is 0 Å². The second-order valence-electron chi connectivity index (χ2n) is 4.78. The topological polar surface area (TPSA) is 43.8 Å². The van der Waals surface area contributed by atoms with Gasteiger partial charge in [-0.1, -0.05) is 6.92 Å². The molecule has 1 unspecified atom stereocenters. The highest BCUT2D eigenvalue weighted by atomic mass is 15.1. The molecule has 0 aliphatic carbocycles. The highest BCUT2D eigenvalue weighted by Gasteiger charge is 2.22. The third-order valence-electron chi connectivity index (χ3n) is 3.58. The third kappa shape index (κ3) is 2.01. The summed E-state index contributed by atoms with van der Waals surface area (Å²) in [7, 11) is 0. The fourth-order valence-electron chi connectivity index (χ4n) is 2.77. The molecule has 0 saturated carbocycles. The summed E-state index contributed by atoms with van der Waals surface area (Å²) in [6.45, 7) is 5.28. The van der Waals surface area contributed by atoms with Crippen molar-refractivity contribution in [2.75, 3.05) is 6.54 Å². The second kappa shape index (κ2) is 5.00. The first-order valence-corrected chi connectivity index (χ1v) is 6.56.